The Labute approximate surface area is 212 Å². The number of amides is 3. The highest BCUT2D eigenvalue weighted by atomic mass is 19.1. The van der Waals surface area contributed by atoms with Gasteiger partial charge in [-0.3, -0.25) is 9.69 Å². The Morgan fingerprint density at radius 2 is 1.64 bits per heavy atom. The number of nitrogens with zero attached hydrogens (tertiary/aromatic N) is 3. The molecule has 0 unspecified atom stereocenters. The molecule has 0 spiro atoms. The molecule has 36 heavy (non-hydrogen) atoms. The lowest BCUT2D eigenvalue weighted by atomic mass is 10.1. The Balaban J connectivity index is 1.35. The van der Waals surface area contributed by atoms with Crippen molar-refractivity contribution in [2.45, 2.75) is 20.4 Å². The third kappa shape index (κ3) is 6.70. The molecule has 1 heterocycles. The van der Waals surface area contributed by atoms with Crippen LogP contribution < -0.4 is 5.32 Å². The summed E-state index contributed by atoms with van der Waals surface area (Å²) in [4.78, 5) is 32.0. The molecule has 3 aromatic carbocycles. The molecule has 0 saturated carbocycles. The van der Waals surface area contributed by atoms with E-state index in [9.17, 15) is 14.0 Å². The molecular formula is C29H33FN4O2. The van der Waals surface area contributed by atoms with Crippen molar-refractivity contribution in [3.63, 3.8) is 0 Å². The Morgan fingerprint density at radius 3 is 2.33 bits per heavy atom. The zero-order valence-electron chi connectivity index (χ0n) is 20.9. The molecule has 0 bridgehead atoms. The zero-order valence-corrected chi connectivity index (χ0v) is 20.9. The van der Waals surface area contributed by atoms with Crippen LogP contribution in [-0.4, -0.2) is 65.9 Å². The van der Waals surface area contributed by atoms with Crippen LogP contribution in [0.5, 0.6) is 0 Å². The summed E-state index contributed by atoms with van der Waals surface area (Å²) < 4.78 is 13.4. The van der Waals surface area contributed by atoms with Crippen LogP contribution in [0.15, 0.2) is 72.8 Å². The molecule has 0 aliphatic carbocycles. The van der Waals surface area contributed by atoms with Crippen molar-refractivity contribution in [3.8, 4) is 0 Å². The van der Waals surface area contributed by atoms with Crippen LogP contribution in [0.1, 0.15) is 27.0 Å². The first-order valence-electron chi connectivity index (χ1n) is 12.3. The van der Waals surface area contributed by atoms with Crippen LogP contribution in [0.25, 0.3) is 0 Å². The highest BCUT2D eigenvalue weighted by Crippen LogP contribution is 2.16. The number of hydrogen-bond donors (Lipinski definition) is 1. The molecule has 1 aliphatic heterocycles. The third-order valence-corrected chi connectivity index (χ3v) is 6.56. The second-order valence-electron chi connectivity index (χ2n) is 9.30. The van der Waals surface area contributed by atoms with E-state index < -0.39 is 0 Å². The first-order chi connectivity index (χ1) is 17.4. The lowest BCUT2D eigenvalue weighted by molar-refractivity contribution is 0.0704. The Morgan fingerprint density at radius 1 is 0.917 bits per heavy atom. The van der Waals surface area contributed by atoms with E-state index in [2.05, 4.69) is 10.2 Å². The van der Waals surface area contributed by atoms with Gasteiger partial charge in [-0.25, -0.2) is 9.18 Å². The lowest BCUT2D eigenvalue weighted by Crippen LogP contribution is -2.51. The van der Waals surface area contributed by atoms with Gasteiger partial charge in [0.05, 0.1) is 0 Å². The van der Waals surface area contributed by atoms with Crippen molar-refractivity contribution in [3.05, 3.63) is 101 Å². The van der Waals surface area contributed by atoms with Crippen molar-refractivity contribution in [1.29, 1.82) is 0 Å². The Bertz CT molecular complexity index is 1190. The summed E-state index contributed by atoms with van der Waals surface area (Å²) in [6.45, 7) is 8.32. The molecule has 188 valence electrons. The zero-order chi connectivity index (χ0) is 25.5. The van der Waals surface area contributed by atoms with Gasteiger partial charge >= 0.3 is 6.03 Å². The summed E-state index contributed by atoms with van der Waals surface area (Å²) in [6.07, 6.45) is 0. The summed E-state index contributed by atoms with van der Waals surface area (Å²) >= 11 is 0. The van der Waals surface area contributed by atoms with Gasteiger partial charge in [-0.15, -0.1) is 0 Å². The van der Waals surface area contributed by atoms with Crippen LogP contribution >= 0.6 is 0 Å². The van der Waals surface area contributed by atoms with E-state index >= 15 is 0 Å². The van der Waals surface area contributed by atoms with Gasteiger partial charge < -0.3 is 15.1 Å². The molecule has 3 amide bonds. The van der Waals surface area contributed by atoms with E-state index in [0.717, 1.165) is 35.5 Å². The minimum atomic E-state index is -0.292. The van der Waals surface area contributed by atoms with Gasteiger partial charge in [-0.05, 0) is 60.9 Å². The summed E-state index contributed by atoms with van der Waals surface area (Å²) in [6, 6.07) is 21.5. The SMILES string of the molecule is Cc1cccc(NC(=O)N2CCN(CCN(Cc3ccc(F)cc3)C(=O)c3ccccc3C)CC2)c1. The molecule has 3 aromatic rings. The number of nitrogens with one attached hydrogen (secondary N) is 1. The lowest BCUT2D eigenvalue weighted by Gasteiger charge is -2.36. The molecular weight excluding hydrogens is 455 g/mol. The largest absolute Gasteiger partial charge is 0.333 e. The van der Waals surface area contributed by atoms with Gasteiger partial charge in [0, 0.05) is 57.1 Å². The standard InChI is InChI=1S/C29H33FN4O2/c1-22-6-5-8-26(20-22)31-29(36)33-17-14-32(15-18-33)16-19-34(21-24-10-12-25(30)13-11-24)28(35)27-9-4-3-7-23(27)2/h3-13,20H,14-19,21H2,1-2H3,(H,31,36). The van der Waals surface area contributed by atoms with E-state index in [0.29, 0.717) is 38.3 Å². The van der Waals surface area contributed by atoms with Crippen molar-refractivity contribution in [1.82, 2.24) is 14.7 Å². The number of benzene rings is 3. The number of carbonyl (C=O) groups excluding carboxylic acids is 2. The molecule has 0 radical (unpaired) electrons. The highest BCUT2D eigenvalue weighted by molar-refractivity contribution is 5.95. The summed E-state index contributed by atoms with van der Waals surface area (Å²) in [7, 11) is 0. The van der Waals surface area contributed by atoms with E-state index in [1.807, 2.05) is 72.2 Å². The van der Waals surface area contributed by atoms with Crippen molar-refractivity contribution >= 4 is 17.6 Å². The summed E-state index contributed by atoms with van der Waals surface area (Å²) in [5.41, 5.74) is 4.39. The van der Waals surface area contributed by atoms with Crippen LogP contribution in [0, 0.1) is 19.7 Å². The second kappa shape index (κ2) is 11.8. The van der Waals surface area contributed by atoms with Crippen molar-refractivity contribution in [2.24, 2.45) is 0 Å². The minimum Gasteiger partial charge on any atom is -0.333 e. The van der Waals surface area contributed by atoms with E-state index in [-0.39, 0.29) is 17.8 Å². The van der Waals surface area contributed by atoms with Crippen LogP contribution in [0.4, 0.5) is 14.9 Å². The number of anilines is 1. The number of piperazine rings is 1. The van der Waals surface area contributed by atoms with Gasteiger partial charge in [0.1, 0.15) is 5.82 Å². The smallest absolute Gasteiger partial charge is 0.321 e. The molecule has 1 N–H and O–H groups in total. The van der Waals surface area contributed by atoms with E-state index in [1.165, 1.54) is 12.1 Å². The average Bonchev–Trinajstić information content (AvgIpc) is 2.88. The van der Waals surface area contributed by atoms with Gasteiger partial charge in [-0.2, -0.15) is 0 Å². The summed E-state index contributed by atoms with van der Waals surface area (Å²) in [5.74, 6) is -0.326. The molecule has 1 aliphatic rings. The fourth-order valence-electron chi connectivity index (χ4n) is 4.41. The maximum Gasteiger partial charge on any atom is 0.321 e. The normalized spacial score (nSPS) is 13.9. The molecule has 6 nitrogen and oxygen atoms in total. The fraction of sp³-hybridized carbons (Fsp3) is 0.310. The first kappa shape index (κ1) is 25.4. The quantitative estimate of drug-likeness (QED) is 0.513. The fourth-order valence-corrected chi connectivity index (χ4v) is 4.41. The number of halogens is 1. The van der Waals surface area contributed by atoms with Gasteiger partial charge in [-0.1, -0.05) is 42.5 Å². The Kier molecular flexibility index (Phi) is 8.33. The number of carbonyl (C=O) groups is 2. The summed E-state index contributed by atoms with van der Waals surface area (Å²) in [5, 5.41) is 2.98. The second-order valence-corrected chi connectivity index (χ2v) is 9.30. The van der Waals surface area contributed by atoms with Crippen molar-refractivity contribution in [2.75, 3.05) is 44.6 Å². The van der Waals surface area contributed by atoms with Crippen LogP contribution in [-0.2, 0) is 6.54 Å². The monoisotopic (exact) mass is 488 g/mol. The predicted octanol–water partition coefficient (Wildman–Crippen LogP) is 4.93. The van der Waals surface area contributed by atoms with Gasteiger partial charge in [0.15, 0.2) is 0 Å². The molecule has 7 heteroatoms. The molecule has 1 saturated heterocycles. The molecule has 0 aromatic heterocycles. The third-order valence-electron chi connectivity index (χ3n) is 6.56. The van der Waals surface area contributed by atoms with Crippen molar-refractivity contribution < 1.29 is 14.0 Å². The maximum absolute atomic E-state index is 13.4. The number of hydrogen-bond acceptors (Lipinski definition) is 3. The van der Waals surface area contributed by atoms with Gasteiger partial charge in [0.2, 0.25) is 0 Å². The van der Waals surface area contributed by atoms with E-state index in [1.54, 1.807) is 12.1 Å². The first-order valence-corrected chi connectivity index (χ1v) is 12.3. The maximum atomic E-state index is 13.4. The Hall–Kier alpha value is -3.71. The minimum absolute atomic E-state index is 0.0337. The molecule has 1 fully saturated rings. The van der Waals surface area contributed by atoms with Crippen LogP contribution in [0.2, 0.25) is 0 Å². The van der Waals surface area contributed by atoms with E-state index in [4.69, 9.17) is 0 Å². The molecule has 4 rings (SSSR count). The predicted molar refractivity (Wildman–Crippen MR) is 141 cm³/mol. The average molecular weight is 489 g/mol. The van der Waals surface area contributed by atoms with Gasteiger partial charge in [0.25, 0.3) is 5.91 Å². The number of urea groups is 1. The molecule has 0 atom stereocenters. The topological polar surface area (TPSA) is 55.9 Å². The number of aryl methyl sites for hydroxylation is 2. The van der Waals surface area contributed by atoms with Crippen LogP contribution in [0.3, 0.4) is 0 Å². The highest BCUT2D eigenvalue weighted by Gasteiger charge is 2.23. The number of rotatable bonds is 7.